The van der Waals surface area contributed by atoms with E-state index in [1.165, 1.54) is 21.9 Å². The molecule has 0 fully saturated rings. The Hall–Kier alpha value is -6.91. The lowest BCUT2D eigenvalue weighted by Gasteiger charge is -2.10. The van der Waals surface area contributed by atoms with E-state index >= 15 is 0 Å². The van der Waals surface area contributed by atoms with Gasteiger partial charge in [0.25, 0.3) is 0 Å². The smallest absolute Gasteiger partial charge is 0.167 e. The van der Waals surface area contributed by atoms with Crippen LogP contribution in [0.4, 0.5) is 0 Å². The molecule has 0 N–H and O–H groups in total. The van der Waals surface area contributed by atoms with Gasteiger partial charge in [-0.3, -0.25) is 0 Å². The summed E-state index contributed by atoms with van der Waals surface area (Å²) in [5.41, 5.74) is 8.88. The summed E-state index contributed by atoms with van der Waals surface area (Å²) in [7, 11) is 0. The van der Waals surface area contributed by atoms with Crippen molar-refractivity contribution in [1.82, 2.24) is 15.0 Å². The van der Waals surface area contributed by atoms with E-state index in [1.54, 1.807) is 0 Å². The zero-order valence-electron chi connectivity index (χ0n) is 27.5. The minimum Gasteiger partial charge on any atom is -0.455 e. The summed E-state index contributed by atoms with van der Waals surface area (Å²) in [5.74, 6) is 1.79. The van der Waals surface area contributed by atoms with E-state index in [2.05, 4.69) is 133 Å². The molecule has 10 rings (SSSR count). The van der Waals surface area contributed by atoms with Gasteiger partial charge in [0.1, 0.15) is 11.2 Å². The van der Waals surface area contributed by atoms with Crippen molar-refractivity contribution in [3.63, 3.8) is 0 Å². The number of aromatic nitrogens is 3. The van der Waals surface area contributed by atoms with Crippen molar-refractivity contribution < 1.29 is 4.42 Å². The quantitative estimate of drug-likeness (QED) is 0.186. The van der Waals surface area contributed by atoms with Crippen LogP contribution in [0.25, 0.3) is 99.9 Å². The summed E-state index contributed by atoms with van der Waals surface area (Å²) in [6.07, 6.45) is 0. The number of hydrogen-bond acceptors (Lipinski definition) is 4. The number of furan rings is 1. The molecule has 2 heterocycles. The van der Waals surface area contributed by atoms with Crippen LogP contribution >= 0.6 is 0 Å². The predicted molar refractivity (Wildman–Crippen MR) is 209 cm³/mol. The molecule has 0 atom stereocenters. The van der Waals surface area contributed by atoms with Gasteiger partial charge in [-0.25, -0.2) is 15.0 Å². The van der Waals surface area contributed by atoms with Crippen LogP contribution in [0.15, 0.2) is 180 Å². The fraction of sp³-hybridized carbons (Fsp3) is 0. The Kier molecular flexibility index (Phi) is 6.78. The molecular formula is C47H29N3O. The lowest BCUT2D eigenvalue weighted by molar-refractivity contribution is 0.670. The maximum Gasteiger partial charge on any atom is 0.167 e. The summed E-state index contributed by atoms with van der Waals surface area (Å²) in [6, 6.07) is 61.1. The van der Waals surface area contributed by atoms with Gasteiger partial charge in [-0.05, 0) is 68.1 Å². The van der Waals surface area contributed by atoms with Crippen LogP contribution in [0.3, 0.4) is 0 Å². The molecule has 0 aliphatic carbocycles. The Labute approximate surface area is 294 Å². The van der Waals surface area contributed by atoms with E-state index in [-0.39, 0.29) is 0 Å². The lowest BCUT2D eigenvalue weighted by atomic mass is 9.93. The normalized spacial score (nSPS) is 11.5. The second-order valence-electron chi connectivity index (χ2n) is 12.8. The van der Waals surface area contributed by atoms with Crippen molar-refractivity contribution in [2.24, 2.45) is 0 Å². The van der Waals surface area contributed by atoms with E-state index in [0.29, 0.717) is 17.5 Å². The minimum absolute atomic E-state index is 0.566. The molecule has 0 saturated heterocycles. The maximum absolute atomic E-state index is 6.87. The SMILES string of the molecule is c1ccc(-c2cccc(-c3cc4oc5c(-c6nc(-c7ccccc7)nc(-c7ccc8ccccc8c7)n6)cccc5c4c4ccccc34)c2)cc1. The van der Waals surface area contributed by atoms with Gasteiger partial charge >= 0.3 is 0 Å². The fourth-order valence-electron chi connectivity index (χ4n) is 7.24. The van der Waals surface area contributed by atoms with Gasteiger partial charge in [-0.15, -0.1) is 0 Å². The predicted octanol–water partition coefficient (Wildman–Crippen LogP) is 12.4. The largest absolute Gasteiger partial charge is 0.455 e. The van der Waals surface area contributed by atoms with Gasteiger partial charge < -0.3 is 4.42 Å². The topological polar surface area (TPSA) is 51.8 Å². The van der Waals surface area contributed by atoms with E-state index < -0.39 is 0 Å². The first-order valence-electron chi connectivity index (χ1n) is 17.1. The Balaban J connectivity index is 1.19. The second kappa shape index (κ2) is 11.9. The number of fused-ring (bicyclic) bond motifs is 6. The van der Waals surface area contributed by atoms with Crippen molar-refractivity contribution in [3.05, 3.63) is 176 Å². The molecule has 8 aromatic carbocycles. The van der Waals surface area contributed by atoms with Crippen molar-refractivity contribution in [2.45, 2.75) is 0 Å². The average molecular weight is 652 g/mol. The third-order valence-corrected chi connectivity index (χ3v) is 9.70. The van der Waals surface area contributed by atoms with Crippen molar-refractivity contribution in [2.75, 3.05) is 0 Å². The molecule has 0 aliphatic rings. The first-order valence-corrected chi connectivity index (χ1v) is 17.1. The molecular weight excluding hydrogens is 623 g/mol. The second-order valence-corrected chi connectivity index (χ2v) is 12.8. The van der Waals surface area contributed by atoms with Crippen molar-refractivity contribution in [1.29, 1.82) is 0 Å². The van der Waals surface area contributed by atoms with Gasteiger partial charge in [-0.1, -0.05) is 152 Å². The monoisotopic (exact) mass is 651 g/mol. The summed E-state index contributed by atoms with van der Waals surface area (Å²) in [6.45, 7) is 0. The molecule has 0 aliphatic heterocycles. The molecule has 238 valence electrons. The van der Waals surface area contributed by atoms with Gasteiger partial charge in [0.05, 0.1) is 5.56 Å². The highest BCUT2D eigenvalue weighted by Crippen LogP contribution is 2.43. The Morgan fingerprint density at radius 2 is 0.941 bits per heavy atom. The highest BCUT2D eigenvalue weighted by Gasteiger charge is 2.20. The Bertz CT molecular complexity index is 2910. The standard InChI is InChI=1S/C47H29N3O/c1-3-13-30(14-4-1)34-19-11-20-35(27-34)41-29-42-43(38-22-10-9-21-37(38)41)39-23-12-24-40(44(39)51-42)47-49-45(32-16-5-2-6-17-32)48-46(50-47)36-26-25-31-15-7-8-18-33(31)28-36/h1-29H. The van der Waals surface area contributed by atoms with Gasteiger partial charge in [0, 0.05) is 21.9 Å². The summed E-state index contributed by atoms with van der Waals surface area (Å²) >= 11 is 0. The first kappa shape index (κ1) is 29.0. The molecule has 0 bridgehead atoms. The van der Waals surface area contributed by atoms with Gasteiger partial charge in [0.2, 0.25) is 0 Å². The zero-order valence-corrected chi connectivity index (χ0v) is 27.5. The zero-order chi connectivity index (χ0) is 33.7. The highest BCUT2D eigenvalue weighted by molar-refractivity contribution is 6.23. The third kappa shape index (κ3) is 5.04. The Morgan fingerprint density at radius 3 is 1.76 bits per heavy atom. The molecule has 0 radical (unpaired) electrons. The molecule has 4 nitrogen and oxygen atoms in total. The Morgan fingerprint density at radius 1 is 0.333 bits per heavy atom. The van der Waals surface area contributed by atoms with Crippen molar-refractivity contribution >= 4 is 43.5 Å². The number of hydrogen-bond donors (Lipinski definition) is 0. The average Bonchev–Trinajstić information content (AvgIpc) is 3.60. The van der Waals surface area contributed by atoms with E-state index in [4.69, 9.17) is 19.4 Å². The van der Waals surface area contributed by atoms with E-state index in [1.807, 2.05) is 42.5 Å². The molecule has 0 amide bonds. The van der Waals surface area contributed by atoms with Crippen LogP contribution in [0, 0.1) is 0 Å². The van der Waals surface area contributed by atoms with Crippen LogP contribution in [0.1, 0.15) is 0 Å². The number of para-hydroxylation sites is 1. The summed E-state index contributed by atoms with van der Waals surface area (Å²) in [5, 5.41) is 6.73. The van der Waals surface area contributed by atoms with Crippen LogP contribution < -0.4 is 0 Å². The molecule has 51 heavy (non-hydrogen) atoms. The molecule has 0 saturated carbocycles. The maximum atomic E-state index is 6.87. The number of benzene rings is 8. The molecule has 2 aromatic heterocycles. The molecule has 10 aromatic rings. The number of nitrogens with zero attached hydrogens (tertiary/aromatic N) is 3. The van der Waals surface area contributed by atoms with Crippen LogP contribution in [0.5, 0.6) is 0 Å². The number of rotatable bonds is 5. The molecule has 4 heteroatoms. The molecule has 0 unspecified atom stereocenters. The fourth-order valence-corrected chi connectivity index (χ4v) is 7.24. The third-order valence-electron chi connectivity index (χ3n) is 9.70. The van der Waals surface area contributed by atoms with E-state index in [9.17, 15) is 0 Å². The minimum atomic E-state index is 0.566. The van der Waals surface area contributed by atoms with Gasteiger partial charge in [0.15, 0.2) is 17.5 Å². The summed E-state index contributed by atoms with van der Waals surface area (Å²) in [4.78, 5) is 15.2. The van der Waals surface area contributed by atoms with Crippen molar-refractivity contribution in [3.8, 4) is 56.4 Å². The first-order chi connectivity index (χ1) is 25.3. The van der Waals surface area contributed by atoms with Crippen LogP contribution in [-0.4, -0.2) is 15.0 Å². The molecule has 0 spiro atoms. The summed E-state index contributed by atoms with van der Waals surface area (Å²) < 4.78 is 6.87. The van der Waals surface area contributed by atoms with E-state index in [0.717, 1.165) is 60.5 Å². The van der Waals surface area contributed by atoms with Crippen LogP contribution in [0.2, 0.25) is 0 Å². The highest BCUT2D eigenvalue weighted by atomic mass is 16.3. The van der Waals surface area contributed by atoms with Crippen LogP contribution in [-0.2, 0) is 0 Å². The van der Waals surface area contributed by atoms with Gasteiger partial charge in [-0.2, -0.15) is 0 Å². The lowest BCUT2D eigenvalue weighted by Crippen LogP contribution is -2.00.